The van der Waals surface area contributed by atoms with Crippen LogP contribution in [-0.2, 0) is 14.3 Å². The van der Waals surface area contributed by atoms with Crippen LogP contribution in [0.25, 0.3) is 0 Å². The Balaban J connectivity index is 2.01. The van der Waals surface area contributed by atoms with E-state index in [0.29, 0.717) is 24.2 Å². The van der Waals surface area contributed by atoms with Gasteiger partial charge in [0.2, 0.25) is 6.79 Å². The number of halogens is 4. The highest BCUT2D eigenvalue weighted by Gasteiger charge is 2.18. The third-order valence-electron chi connectivity index (χ3n) is 3.30. The van der Waals surface area contributed by atoms with Crippen LogP contribution in [-0.4, -0.2) is 31.8 Å². The molecule has 2 aromatic carbocycles. The van der Waals surface area contributed by atoms with Crippen molar-refractivity contribution in [2.45, 2.75) is 6.92 Å². The minimum atomic E-state index is -0.665. The highest BCUT2D eigenvalue weighted by Crippen LogP contribution is 2.30. The Morgan fingerprint density at radius 3 is 1.48 bits per heavy atom. The highest BCUT2D eigenvalue weighted by atomic mass is 127. The van der Waals surface area contributed by atoms with Crippen molar-refractivity contribution in [1.29, 1.82) is 0 Å². The molecule has 0 spiro atoms. The Morgan fingerprint density at radius 1 is 0.759 bits per heavy atom. The van der Waals surface area contributed by atoms with Gasteiger partial charge in [0.25, 0.3) is 0 Å². The average Bonchev–Trinajstić information content (AvgIpc) is 2.63. The molecule has 0 aliphatic carbocycles. The summed E-state index contributed by atoms with van der Waals surface area (Å²) in [7, 11) is 1.55. The van der Waals surface area contributed by atoms with Gasteiger partial charge in [-0.25, -0.2) is 9.59 Å². The van der Waals surface area contributed by atoms with Crippen LogP contribution in [0.2, 0.25) is 0 Å². The molecule has 0 aliphatic rings. The Hall–Kier alpha value is -0.430. The molecule has 29 heavy (non-hydrogen) atoms. The summed E-state index contributed by atoms with van der Waals surface area (Å²) in [6.45, 7) is 0.767. The Labute approximate surface area is 221 Å². The third-order valence-corrected chi connectivity index (χ3v) is 6.50. The zero-order valence-corrected chi connectivity index (χ0v) is 23.5. The maximum absolute atomic E-state index is 12.2. The lowest BCUT2D eigenvalue weighted by Gasteiger charge is -2.11. The summed E-state index contributed by atoms with van der Waals surface area (Å²) >= 11 is 8.04. The van der Waals surface area contributed by atoms with Crippen molar-refractivity contribution in [3.63, 3.8) is 0 Å². The molecule has 0 saturated heterocycles. The number of methoxy groups -OCH3 is 1. The molecule has 0 unspecified atom stereocenters. The predicted octanol–water partition coefficient (Wildman–Crippen LogP) is 5.01. The molecule has 2 aromatic rings. The summed E-state index contributed by atoms with van der Waals surface area (Å²) in [5, 5.41) is 0. The molecule has 0 atom stereocenters. The molecule has 7 nitrogen and oxygen atoms in total. The van der Waals surface area contributed by atoms with Gasteiger partial charge in [0, 0.05) is 6.92 Å². The van der Waals surface area contributed by atoms with Crippen LogP contribution in [0.5, 0.6) is 11.5 Å². The van der Waals surface area contributed by atoms with Crippen LogP contribution < -0.4 is 9.47 Å². The van der Waals surface area contributed by atoms with E-state index in [1.54, 1.807) is 19.2 Å². The van der Waals surface area contributed by atoms with Crippen molar-refractivity contribution in [2.24, 2.45) is 0 Å². The fourth-order valence-corrected chi connectivity index (χ4v) is 6.29. The number of esters is 3. The van der Waals surface area contributed by atoms with Crippen molar-refractivity contribution < 1.29 is 33.3 Å². The molecule has 0 saturated carbocycles. The third kappa shape index (κ3) is 6.78. The first kappa shape index (κ1) is 24.8. The second-order valence-electron chi connectivity index (χ2n) is 5.32. The van der Waals surface area contributed by atoms with Crippen LogP contribution in [0.15, 0.2) is 24.3 Å². The van der Waals surface area contributed by atoms with Crippen LogP contribution in [0.1, 0.15) is 27.6 Å². The number of rotatable bonds is 6. The molecule has 0 N–H and O–H groups in total. The van der Waals surface area contributed by atoms with Crippen molar-refractivity contribution in [2.75, 3.05) is 13.9 Å². The minimum absolute atomic E-state index is 0.249. The normalized spacial score (nSPS) is 10.3. The monoisotopic (exact) mass is 848 g/mol. The van der Waals surface area contributed by atoms with E-state index in [4.69, 9.17) is 18.9 Å². The molecule has 0 aliphatic heterocycles. The summed E-state index contributed by atoms with van der Waals surface area (Å²) < 4.78 is 23.1. The second-order valence-corrected chi connectivity index (χ2v) is 9.97. The minimum Gasteiger partial charge on any atom is -0.495 e. The van der Waals surface area contributed by atoms with Gasteiger partial charge in [-0.2, -0.15) is 0 Å². The highest BCUT2D eigenvalue weighted by molar-refractivity contribution is 14.1. The van der Waals surface area contributed by atoms with E-state index in [1.165, 1.54) is 19.1 Å². The number of benzene rings is 2. The topological polar surface area (TPSA) is 88.1 Å². The number of hydrogen-bond donors (Lipinski definition) is 0. The lowest BCUT2D eigenvalue weighted by atomic mass is 10.2. The summed E-state index contributed by atoms with van der Waals surface area (Å²) in [5.74, 6) is -0.681. The van der Waals surface area contributed by atoms with E-state index >= 15 is 0 Å². The van der Waals surface area contributed by atoms with Gasteiger partial charge in [0.15, 0.2) is 5.75 Å². The van der Waals surface area contributed by atoms with Gasteiger partial charge >= 0.3 is 17.9 Å². The van der Waals surface area contributed by atoms with E-state index in [2.05, 4.69) is 45.2 Å². The second kappa shape index (κ2) is 11.3. The summed E-state index contributed by atoms with van der Waals surface area (Å²) in [6, 6.07) is 6.31. The maximum atomic E-state index is 12.2. The van der Waals surface area contributed by atoms with Crippen LogP contribution in [0, 0.1) is 14.3 Å². The van der Waals surface area contributed by atoms with E-state index < -0.39 is 24.7 Å². The van der Waals surface area contributed by atoms with Crippen molar-refractivity contribution in [3.8, 4) is 11.5 Å². The Morgan fingerprint density at radius 2 is 1.14 bits per heavy atom. The molecule has 2 rings (SSSR count). The molecule has 0 radical (unpaired) electrons. The molecular weight excluding hydrogens is 836 g/mol. The van der Waals surface area contributed by atoms with Gasteiger partial charge < -0.3 is 18.9 Å². The molecule has 0 fully saturated rings. The van der Waals surface area contributed by atoms with Gasteiger partial charge in [-0.05, 0) is 115 Å². The van der Waals surface area contributed by atoms with Gasteiger partial charge in [0.05, 0.1) is 32.5 Å². The fraction of sp³-hybridized carbons (Fsp3) is 0.167. The molecule has 154 valence electrons. The number of carbonyl (C=O) groups excluding carboxylic acids is 3. The van der Waals surface area contributed by atoms with E-state index in [1.807, 2.05) is 45.2 Å². The number of ether oxygens (including phenoxy) is 4. The molecular formula is C18H12I4O7. The van der Waals surface area contributed by atoms with Gasteiger partial charge in [-0.3, -0.25) is 4.79 Å². The van der Waals surface area contributed by atoms with Crippen molar-refractivity contribution in [1.82, 2.24) is 0 Å². The number of hydrogen-bond acceptors (Lipinski definition) is 7. The lowest BCUT2D eigenvalue weighted by molar-refractivity contribution is -0.132. The fourth-order valence-electron chi connectivity index (χ4n) is 2.09. The van der Waals surface area contributed by atoms with Gasteiger partial charge in [0.1, 0.15) is 5.75 Å². The van der Waals surface area contributed by atoms with Crippen molar-refractivity contribution >= 4 is 108 Å². The quantitative estimate of drug-likeness (QED) is 0.175. The zero-order chi connectivity index (χ0) is 21.7. The zero-order valence-electron chi connectivity index (χ0n) is 14.9. The van der Waals surface area contributed by atoms with Crippen LogP contribution in [0.3, 0.4) is 0 Å². The standard InChI is InChI=1S/C18H12I4O7/c1-8(23)29-16-13(21)5-10(6-14(16)22)18(25)28-7-27-17(24)9-3-11(19)15(26-2)12(20)4-9/h3-6H,7H2,1-2H3. The smallest absolute Gasteiger partial charge is 0.341 e. The Bertz CT molecular complexity index is 929. The Kier molecular flexibility index (Phi) is 9.65. The molecule has 0 amide bonds. The molecule has 0 bridgehead atoms. The largest absolute Gasteiger partial charge is 0.495 e. The van der Waals surface area contributed by atoms with Crippen LogP contribution >= 0.6 is 90.4 Å². The first-order chi connectivity index (χ1) is 13.6. The van der Waals surface area contributed by atoms with Crippen LogP contribution in [0.4, 0.5) is 0 Å². The van der Waals surface area contributed by atoms with Gasteiger partial charge in [-0.15, -0.1) is 0 Å². The van der Waals surface area contributed by atoms with E-state index in [0.717, 1.165) is 7.14 Å². The van der Waals surface area contributed by atoms with Gasteiger partial charge in [-0.1, -0.05) is 0 Å². The first-order valence-electron chi connectivity index (χ1n) is 7.68. The molecule has 0 aromatic heterocycles. The summed E-state index contributed by atoms with van der Waals surface area (Å²) in [4.78, 5) is 35.6. The van der Waals surface area contributed by atoms with E-state index in [-0.39, 0.29) is 5.56 Å². The average molecular weight is 848 g/mol. The SMILES string of the molecule is COc1c(I)cc(C(=O)OCOC(=O)c2cc(I)c(OC(C)=O)c(I)c2)cc1I. The van der Waals surface area contributed by atoms with Crippen molar-refractivity contribution in [3.05, 3.63) is 49.7 Å². The molecule has 11 heteroatoms. The summed E-state index contributed by atoms with van der Waals surface area (Å²) in [6.07, 6.45) is 0. The number of carbonyl (C=O) groups is 3. The van der Waals surface area contributed by atoms with E-state index in [9.17, 15) is 14.4 Å². The first-order valence-corrected chi connectivity index (χ1v) is 12.0. The molecule has 0 heterocycles. The predicted molar refractivity (Wildman–Crippen MR) is 137 cm³/mol. The summed E-state index contributed by atoms with van der Waals surface area (Å²) in [5.41, 5.74) is 0.574. The maximum Gasteiger partial charge on any atom is 0.341 e. The lowest BCUT2D eigenvalue weighted by Crippen LogP contribution is -2.14.